The number of allylic oxidation sites excluding steroid dienone is 2. The highest BCUT2D eigenvalue weighted by molar-refractivity contribution is 6.51. The van der Waals surface area contributed by atoms with E-state index >= 15 is 0 Å². The molecule has 0 bridgehead atoms. The molecule has 2 unspecified atom stereocenters. The number of hydroxylamine groups is 2. The third-order valence-electron chi connectivity index (χ3n) is 4.05. The molecule has 0 aromatic carbocycles. The molecule has 2 aliphatic rings. The Hall–Kier alpha value is -1.70. The molecule has 2 rings (SSSR count). The van der Waals surface area contributed by atoms with E-state index in [4.69, 9.17) is 16.3 Å². The van der Waals surface area contributed by atoms with Crippen molar-refractivity contribution in [3.05, 3.63) is 22.4 Å². The van der Waals surface area contributed by atoms with Gasteiger partial charge in [0.25, 0.3) is 0 Å². The first-order valence-electron chi connectivity index (χ1n) is 7.48. The zero-order chi connectivity index (χ0) is 18.4. The molecule has 1 radical (unpaired) electrons. The highest BCUT2D eigenvalue weighted by Crippen LogP contribution is 2.40. The Labute approximate surface area is 144 Å². The van der Waals surface area contributed by atoms with Crippen molar-refractivity contribution in [1.82, 2.24) is 5.06 Å². The third kappa shape index (κ3) is 3.11. The van der Waals surface area contributed by atoms with E-state index in [0.717, 1.165) is 6.08 Å². The van der Waals surface area contributed by atoms with Crippen molar-refractivity contribution in [3.8, 4) is 0 Å². The van der Waals surface area contributed by atoms with Gasteiger partial charge in [0.05, 0.1) is 16.6 Å². The maximum atomic E-state index is 12.7. The molecular formula is C16H19ClNO6. The van der Waals surface area contributed by atoms with E-state index in [1.807, 2.05) is 0 Å². The SMILES string of the molecule is CC(C)(C)OC(=O)C1(C)CCC(C2=C(O)C(Cl)=CC(=O)C2=O)N1[O]. The Morgan fingerprint density at radius 1 is 1.42 bits per heavy atom. The first kappa shape index (κ1) is 18.6. The summed E-state index contributed by atoms with van der Waals surface area (Å²) < 4.78 is 5.28. The zero-order valence-electron chi connectivity index (χ0n) is 13.9. The lowest BCUT2D eigenvalue weighted by atomic mass is 9.93. The summed E-state index contributed by atoms with van der Waals surface area (Å²) in [5, 5.41) is 22.9. The molecule has 8 heteroatoms. The average molecular weight is 357 g/mol. The molecule has 1 aliphatic heterocycles. The number of nitrogens with zero attached hydrogens (tertiary/aromatic N) is 1. The summed E-state index contributed by atoms with van der Waals surface area (Å²) in [6.07, 6.45) is 1.04. The number of aliphatic hydroxyl groups excluding tert-OH is 1. The van der Waals surface area contributed by atoms with Gasteiger partial charge in [-0.15, -0.1) is 10.3 Å². The highest BCUT2D eigenvalue weighted by Gasteiger charge is 2.54. The van der Waals surface area contributed by atoms with Gasteiger partial charge in [0.1, 0.15) is 16.9 Å². The topological polar surface area (TPSA) is 104 Å². The summed E-state index contributed by atoms with van der Waals surface area (Å²) in [4.78, 5) is 36.1. The minimum Gasteiger partial charge on any atom is -0.506 e. The Morgan fingerprint density at radius 3 is 2.54 bits per heavy atom. The van der Waals surface area contributed by atoms with Crippen LogP contribution in [0.1, 0.15) is 40.5 Å². The molecule has 0 aromatic heterocycles. The molecule has 131 valence electrons. The van der Waals surface area contributed by atoms with Gasteiger partial charge in [-0.3, -0.25) is 9.59 Å². The average Bonchev–Trinajstić information content (AvgIpc) is 2.74. The van der Waals surface area contributed by atoms with E-state index in [1.54, 1.807) is 20.8 Å². The Kier molecular flexibility index (Phi) is 4.65. The Balaban J connectivity index is 2.35. The fourth-order valence-corrected chi connectivity index (χ4v) is 2.96. The molecule has 1 fully saturated rings. The van der Waals surface area contributed by atoms with E-state index < -0.39 is 40.5 Å². The van der Waals surface area contributed by atoms with Crippen LogP contribution < -0.4 is 0 Å². The van der Waals surface area contributed by atoms with Crippen molar-refractivity contribution >= 4 is 29.1 Å². The third-order valence-corrected chi connectivity index (χ3v) is 4.34. The van der Waals surface area contributed by atoms with Gasteiger partial charge >= 0.3 is 5.97 Å². The number of halogens is 1. The number of ketones is 2. The fourth-order valence-electron chi connectivity index (χ4n) is 2.76. The predicted molar refractivity (Wildman–Crippen MR) is 83.4 cm³/mol. The van der Waals surface area contributed by atoms with Crippen LogP contribution in [-0.2, 0) is 24.3 Å². The van der Waals surface area contributed by atoms with E-state index in [-0.39, 0.29) is 23.4 Å². The van der Waals surface area contributed by atoms with Crippen LogP contribution in [0.2, 0.25) is 0 Å². The summed E-state index contributed by atoms with van der Waals surface area (Å²) in [5.74, 6) is -3.22. The highest BCUT2D eigenvalue weighted by atomic mass is 35.5. The first-order chi connectivity index (χ1) is 10.9. The van der Waals surface area contributed by atoms with E-state index in [1.165, 1.54) is 6.92 Å². The maximum Gasteiger partial charge on any atom is 0.329 e. The standard InChI is InChI=1S/C16H19ClNO6/c1-15(2,3)24-14(22)16(4)6-5-9(18(16)23)11-12(20)8(17)7-10(19)13(11)21/h7,9,20H,5-6H2,1-4H3. The van der Waals surface area contributed by atoms with Gasteiger partial charge < -0.3 is 9.84 Å². The number of rotatable bonds is 2. The fraction of sp³-hybridized carbons (Fsp3) is 0.562. The lowest BCUT2D eigenvalue weighted by Gasteiger charge is -2.32. The number of hydrogen-bond acceptors (Lipinski definition) is 6. The summed E-state index contributed by atoms with van der Waals surface area (Å²) >= 11 is 5.74. The molecule has 7 nitrogen and oxygen atoms in total. The molecule has 0 aromatic rings. The van der Waals surface area contributed by atoms with Crippen LogP contribution in [-0.4, -0.2) is 44.9 Å². The number of ether oxygens (including phenoxy) is 1. The molecule has 2 atom stereocenters. The van der Waals surface area contributed by atoms with Crippen molar-refractivity contribution in [2.45, 2.75) is 57.7 Å². The number of Topliss-reactive ketones (excluding diaryl/α,β-unsaturated/α-hetero) is 1. The van der Waals surface area contributed by atoms with Crippen molar-refractivity contribution in [2.75, 3.05) is 0 Å². The van der Waals surface area contributed by atoms with Crippen LogP contribution in [0.15, 0.2) is 22.4 Å². The summed E-state index contributed by atoms with van der Waals surface area (Å²) in [6.45, 7) is 6.45. The lowest BCUT2D eigenvalue weighted by molar-refractivity contribution is -0.232. The Morgan fingerprint density at radius 2 is 2.00 bits per heavy atom. The van der Waals surface area contributed by atoms with Crippen LogP contribution in [0.5, 0.6) is 0 Å². The summed E-state index contributed by atoms with van der Waals surface area (Å²) in [5.41, 5.74) is -2.65. The van der Waals surface area contributed by atoms with Gasteiger partial charge in [0.15, 0.2) is 0 Å². The van der Waals surface area contributed by atoms with Crippen molar-refractivity contribution in [2.24, 2.45) is 0 Å². The van der Waals surface area contributed by atoms with Crippen molar-refractivity contribution in [3.63, 3.8) is 0 Å². The maximum absolute atomic E-state index is 12.7. The van der Waals surface area contributed by atoms with Crippen molar-refractivity contribution < 1.29 is 29.4 Å². The van der Waals surface area contributed by atoms with Crippen LogP contribution in [0.3, 0.4) is 0 Å². The molecule has 0 amide bonds. The predicted octanol–water partition coefficient (Wildman–Crippen LogP) is 1.98. The van der Waals surface area contributed by atoms with Crippen LogP contribution in [0.4, 0.5) is 0 Å². The molecular weight excluding hydrogens is 338 g/mol. The summed E-state index contributed by atoms with van der Waals surface area (Å²) in [7, 11) is 0. The quantitative estimate of drug-likeness (QED) is 0.461. The minimum atomic E-state index is -1.51. The van der Waals surface area contributed by atoms with Gasteiger partial charge in [-0.25, -0.2) is 4.79 Å². The second kappa shape index (κ2) is 5.98. The molecule has 0 spiro atoms. The van der Waals surface area contributed by atoms with Gasteiger partial charge in [0, 0.05) is 6.08 Å². The van der Waals surface area contributed by atoms with Gasteiger partial charge in [-0.05, 0) is 40.5 Å². The first-order valence-corrected chi connectivity index (χ1v) is 7.85. The number of aliphatic hydroxyl groups is 1. The molecule has 1 aliphatic carbocycles. The molecule has 0 saturated carbocycles. The van der Waals surface area contributed by atoms with E-state index in [2.05, 4.69) is 0 Å². The van der Waals surface area contributed by atoms with Gasteiger partial charge in [-0.2, -0.15) is 0 Å². The Bertz CT molecular complexity index is 675. The number of hydrogen-bond donors (Lipinski definition) is 1. The number of carbonyl (C=O) groups excluding carboxylic acids is 3. The minimum absolute atomic E-state index is 0.113. The molecule has 1 N–H and O–H groups in total. The van der Waals surface area contributed by atoms with E-state index in [9.17, 15) is 24.7 Å². The monoisotopic (exact) mass is 356 g/mol. The smallest absolute Gasteiger partial charge is 0.329 e. The summed E-state index contributed by atoms with van der Waals surface area (Å²) in [6, 6.07) is -1.14. The van der Waals surface area contributed by atoms with E-state index in [0.29, 0.717) is 5.06 Å². The van der Waals surface area contributed by atoms with Gasteiger partial charge in [-0.1, -0.05) is 11.6 Å². The lowest BCUT2D eigenvalue weighted by Crippen LogP contribution is -2.52. The van der Waals surface area contributed by atoms with Gasteiger partial charge in [0.2, 0.25) is 11.6 Å². The molecule has 1 heterocycles. The number of esters is 1. The second-order valence-corrected chi connectivity index (χ2v) is 7.51. The normalized spacial score (nSPS) is 29.1. The second-order valence-electron chi connectivity index (χ2n) is 7.10. The largest absolute Gasteiger partial charge is 0.506 e. The van der Waals surface area contributed by atoms with Crippen LogP contribution >= 0.6 is 11.6 Å². The molecule has 24 heavy (non-hydrogen) atoms. The van der Waals surface area contributed by atoms with Crippen LogP contribution in [0.25, 0.3) is 0 Å². The van der Waals surface area contributed by atoms with Crippen molar-refractivity contribution in [1.29, 1.82) is 0 Å². The molecule has 1 saturated heterocycles. The number of carbonyl (C=O) groups is 3. The zero-order valence-corrected chi connectivity index (χ0v) is 14.6. The van der Waals surface area contributed by atoms with Crippen LogP contribution in [0, 0.1) is 0 Å².